The number of nitrogens with zero attached hydrogens (tertiary/aromatic N) is 2. The van der Waals surface area contributed by atoms with Crippen LogP contribution in [0.2, 0.25) is 0 Å². The molecule has 0 aliphatic carbocycles. The van der Waals surface area contributed by atoms with Crippen LogP contribution in [0.25, 0.3) is 0 Å². The first-order valence-corrected chi connectivity index (χ1v) is 6.33. The van der Waals surface area contributed by atoms with Crippen molar-refractivity contribution in [2.75, 3.05) is 19.8 Å². The number of carbonyl (C=O) groups is 1. The fourth-order valence-corrected chi connectivity index (χ4v) is 1.66. The number of likely N-dealkylation sites (N-methyl/N-ethyl adjacent to an activating group) is 1. The molecular formula is C15H16FN3O2. The number of halogens is 1. The van der Waals surface area contributed by atoms with Gasteiger partial charge in [0, 0.05) is 38.1 Å². The molecule has 1 aromatic heterocycles. The SMILES string of the molecule is CN(C)C(=O)Cc1cc(Oc2ccc(N)cc2F)ccn1. The van der Waals surface area contributed by atoms with E-state index in [4.69, 9.17) is 10.5 Å². The Morgan fingerprint density at radius 1 is 1.33 bits per heavy atom. The quantitative estimate of drug-likeness (QED) is 0.876. The van der Waals surface area contributed by atoms with Gasteiger partial charge >= 0.3 is 0 Å². The number of amides is 1. The number of aromatic nitrogens is 1. The Balaban J connectivity index is 2.16. The van der Waals surface area contributed by atoms with Crippen LogP contribution >= 0.6 is 0 Å². The van der Waals surface area contributed by atoms with Gasteiger partial charge in [-0.25, -0.2) is 4.39 Å². The topological polar surface area (TPSA) is 68.5 Å². The summed E-state index contributed by atoms with van der Waals surface area (Å²) in [4.78, 5) is 17.2. The summed E-state index contributed by atoms with van der Waals surface area (Å²) in [5.41, 5.74) is 6.36. The zero-order chi connectivity index (χ0) is 15.4. The minimum atomic E-state index is -0.544. The van der Waals surface area contributed by atoms with Crippen LogP contribution in [0.1, 0.15) is 5.69 Å². The fraction of sp³-hybridized carbons (Fsp3) is 0.200. The van der Waals surface area contributed by atoms with Crippen molar-refractivity contribution in [3.8, 4) is 11.5 Å². The van der Waals surface area contributed by atoms with Gasteiger partial charge in [-0.3, -0.25) is 9.78 Å². The van der Waals surface area contributed by atoms with Crippen LogP contribution in [0.4, 0.5) is 10.1 Å². The standard InChI is InChI=1S/C15H16FN3O2/c1-19(2)15(20)9-11-8-12(5-6-18-11)21-14-4-3-10(17)7-13(14)16/h3-8H,9,17H2,1-2H3. The smallest absolute Gasteiger partial charge is 0.228 e. The van der Waals surface area contributed by atoms with Gasteiger partial charge in [-0.15, -0.1) is 0 Å². The first-order chi connectivity index (χ1) is 9.95. The molecule has 0 spiro atoms. The zero-order valence-corrected chi connectivity index (χ0v) is 11.8. The molecule has 0 aliphatic rings. The van der Waals surface area contributed by atoms with Gasteiger partial charge in [-0.05, 0) is 18.2 Å². The van der Waals surface area contributed by atoms with E-state index in [1.807, 2.05) is 0 Å². The Labute approximate surface area is 122 Å². The number of carbonyl (C=O) groups excluding carboxylic acids is 1. The van der Waals surface area contributed by atoms with Crippen molar-refractivity contribution in [3.63, 3.8) is 0 Å². The Morgan fingerprint density at radius 2 is 2.10 bits per heavy atom. The first kappa shape index (κ1) is 14.8. The molecule has 0 aliphatic heterocycles. The van der Waals surface area contributed by atoms with E-state index in [0.717, 1.165) is 0 Å². The minimum absolute atomic E-state index is 0.0697. The number of benzene rings is 1. The Bertz CT molecular complexity index is 659. The lowest BCUT2D eigenvalue weighted by atomic mass is 10.2. The molecule has 1 aromatic carbocycles. The highest BCUT2D eigenvalue weighted by atomic mass is 19.1. The maximum atomic E-state index is 13.7. The van der Waals surface area contributed by atoms with Crippen LogP contribution < -0.4 is 10.5 Å². The molecule has 0 saturated heterocycles. The van der Waals surface area contributed by atoms with Crippen molar-refractivity contribution in [2.24, 2.45) is 0 Å². The first-order valence-electron chi connectivity index (χ1n) is 6.33. The van der Waals surface area contributed by atoms with Gasteiger partial charge in [-0.2, -0.15) is 0 Å². The normalized spacial score (nSPS) is 10.2. The molecule has 0 radical (unpaired) electrons. The van der Waals surface area contributed by atoms with E-state index in [1.165, 1.54) is 23.2 Å². The predicted octanol–water partition coefficient (Wildman–Crippen LogP) is 2.23. The van der Waals surface area contributed by atoms with E-state index in [0.29, 0.717) is 17.1 Å². The predicted molar refractivity (Wildman–Crippen MR) is 77.5 cm³/mol. The molecule has 0 saturated carbocycles. The molecule has 2 aromatic rings. The Hall–Kier alpha value is -2.63. The van der Waals surface area contributed by atoms with Gasteiger partial charge in [0.15, 0.2) is 11.6 Å². The summed E-state index contributed by atoms with van der Waals surface area (Å²) < 4.78 is 19.1. The molecule has 0 unspecified atom stereocenters. The van der Waals surface area contributed by atoms with Crippen molar-refractivity contribution < 1.29 is 13.9 Å². The number of hydrogen-bond donors (Lipinski definition) is 1. The third kappa shape index (κ3) is 3.92. The second-order valence-electron chi connectivity index (χ2n) is 4.74. The van der Waals surface area contributed by atoms with E-state index in [9.17, 15) is 9.18 Å². The van der Waals surface area contributed by atoms with Gasteiger partial charge in [0.05, 0.1) is 12.1 Å². The molecule has 110 valence electrons. The van der Waals surface area contributed by atoms with Crippen LogP contribution in [0.3, 0.4) is 0 Å². The van der Waals surface area contributed by atoms with Crippen molar-refractivity contribution in [1.82, 2.24) is 9.88 Å². The fourth-order valence-electron chi connectivity index (χ4n) is 1.66. The monoisotopic (exact) mass is 289 g/mol. The highest BCUT2D eigenvalue weighted by Crippen LogP contribution is 2.26. The highest BCUT2D eigenvalue weighted by Gasteiger charge is 2.09. The molecule has 1 amide bonds. The maximum Gasteiger partial charge on any atom is 0.228 e. The van der Waals surface area contributed by atoms with E-state index in [1.54, 1.807) is 32.3 Å². The van der Waals surface area contributed by atoms with Crippen molar-refractivity contribution >= 4 is 11.6 Å². The van der Waals surface area contributed by atoms with Crippen molar-refractivity contribution in [3.05, 3.63) is 48.0 Å². The summed E-state index contributed by atoms with van der Waals surface area (Å²) in [6.07, 6.45) is 1.68. The summed E-state index contributed by atoms with van der Waals surface area (Å²) in [6.45, 7) is 0. The lowest BCUT2D eigenvalue weighted by Crippen LogP contribution is -2.23. The second kappa shape index (κ2) is 6.21. The van der Waals surface area contributed by atoms with Crippen LogP contribution in [0.5, 0.6) is 11.5 Å². The van der Waals surface area contributed by atoms with Crippen molar-refractivity contribution in [2.45, 2.75) is 6.42 Å². The summed E-state index contributed by atoms with van der Waals surface area (Å²) in [7, 11) is 3.35. The van der Waals surface area contributed by atoms with Crippen molar-refractivity contribution in [1.29, 1.82) is 0 Å². The lowest BCUT2D eigenvalue weighted by Gasteiger charge is -2.11. The van der Waals surface area contributed by atoms with Gasteiger partial charge in [0.2, 0.25) is 5.91 Å². The van der Waals surface area contributed by atoms with E-state index < -0.39 is 5.82 Å². The average molecular weight is 289 g/mol. The second-order valence-corrected chi connectivity index (χ2v) is 4.74. The molecule has 0 atom stereocenters. The van der Waals surface area contributed by atoms with Crippen LogP contribution in [-0.4, -0.2) is 29.9 Å². The third-order valence-corrected chi connectivity index (χ3v) is 2.80. The van der Waals surface area contributed by atoms with Crippen LogP contribution in [-0.2, 0) is 11.2 Å². The summed E-state index contributed by atoms with van der Waals surface area (Å²) in [5.74, 6) is -0.133. The van der Waals surface area contributed by atoms with Crippen LogP contribution in [0.15, 0.2) is 36.5 Å². The largest absolute Gasteiger partial charge is 0.454 e. The van der Waals surface area contributed by atoms with E-state index in [-0.39, 0.29) is 18.1 Å². The average Bonchev–Trinajstić information content (AvgIpc) is 2.42. The number of anilines is 1. The minimum Gasteiger partial charge on any atom is -0.454 e. The highest BCUT2D eigenvalue weighted by molar-refractivity contribution is 5.77. The number of pyridine rings is 1. The number of nitrogens with two attached hydrogens (primary N) is 1. The van der Waals surface area contributed by atoms with Gasteiger partial charge < -0.3 is 15.4 Å². The lowest BCUT2D eigenvalue weighted by molar-refractivity contribution is -0.128. The van der Waals surface area contributed by atoms with E-state index >= 15 is 0 Å². The third-order valence-electron chi connectivity index (χ3n) is 2.80. The summed E-state index contributed by atoms with van der Waals surface area (Å²) >= 11 is 0. The van der Waals surface area contributed by atoms with E-state index in [2.05, 4.69) is 4.98 Å². The number of hydrogen-bond acceptors (Lipinski definition) is 4. The zero-order valence-electron chi connectivity index (χ0n) is 11.8. The molecule has 21 heavy (non-hydrogen) atoms. The molecule has 2 N–H and O–H groups in total. The summed E-state index contributed by atoms with van der Waals surface area (Å²) in [5, 5.41) is 0. The molecule has 2 rings (SSSR count). The van der Waals surface area contributed by atoms with Crippen LogP contribution in [0, 0.1) is 5.82 Å². The molecule has 1 heterocycles. The molecule has 5 nitrogen and oxygen atoms in total. The Morgan fingerprint density at radius 3 is 2.76 bits per heavy atom. The molecular weight excluding hydrogens is 273 g/mol. The summed E-state index contributed by atoms with van der Waals surface area (Å²) in [6, 6.07) is 7.40. The maximum absolute atomic E-state index is 13.7. The van der Waals surface area contributed by atoms with Gasteiger partial charge in [-0.1, -0.05) is 0 Å². The molecule has 6 heteroatoms. The van der Waals surface area contributed by atoms with Gasteiger partial charge in [0.1, 0.15) is 5.75 Å². The number of rotatable bonds is 4. The Kier molecular flexibility index (Phi) is 4.37. The molecule has 0 fully saturated rings. The van der Waals surface area contributed by atoms with Gasteiger partial charge in [0.25, 0.3) is 0 Å². The number of ether oxygens (including phenoxy) is 1. The number of nitrogen functional groups attached to an aromatic ring is 1. The molecule has 0 bridgehead atoms.